The highest BCUT2D eigenvalue weighted by atomic mass is 127. The van der Waals surface area contributed by atoms with E-state index in [-0.39, 0.29) is 24.0 Å². The van der Waals surface area contributed by atoms with Gasteiger partial charge in [0.25, 0.3) is 0 Å². The number of aliphatic imine (C=N–C) groups is 1. The summed E-state index contributed by atoms with van der Waals surface area (Å²) in [5.74, 6) is 1.77. The standard InChI is InChI=1S/C17H30N4O.HI/c1-5-10-19-17(18-6-2)20-14-15-8-7-9-16(13-15)22-12-11-21(3)4;/h7-9,13H,5-6,10-12,14H2,1-4H3,(H2,18,19,20);1H. The van der Waals surface area contributed by atoms with Crippen molar-refractivity contribution in [2.24, 2.45) is 4.99 Å². The molecule has 0 radical (unpaired) electrons. The topological polar surface area (TPSA) is 48.9 Å². The second kappa shape index (κ2) is 13.4. The van der Waals surface area contributed by atoms with Crippen LogP contribution in [0.25, 0.3) is 0 Å². The van der Waals surface area contributed by atoms with Gasteiger partial charge >= 0.3 is 0 Å². The van der Waals surface area contributed by atoms with Gasteiger partial charge in [-0.25, -0.2) is 4.99 Å². The molecule has 0 saturated carbocycles. The molecule has 0 aliphatic heterocycles. The van der Waals surface area contributed by atoms with Gasteiger partial charge < -0.3 is 20.3 Å². The molecule has 1 aromatic carbocycles. The van der Waals surface area contributed by atoms with Crippen LogP contribution in [0, 0.1) is 0 Å². The monoisotopic (exact) mass is 434 g/mol. The maximum Gasteiger partial charge on any atom is 0.191 e. The third kappa shape index (κ3) is 10.4. The molecule has 0 spiro atoms. The average Bonchev–Trinajstić information content (AvgIpc) is 2.50. The summed E-state index contributed by atoms with van der Waals surface area (Å²) in [6.07, 6.45) is 1.08. The van der Waals surface area contributed by atoms with Gasteiger partial charge in [-0.05, 0) is 45.1 Å². The van der Waals surface area contributed by atoms with Crippen molar-refractivity contribution in [3.8, 4) is 5.75 Å². The van der Waals surface area contributed by atoms with Gasteiger partial charge in [-0.3, -0.25) is 0 Å². The second-order valence-electron chi connectivity index (χ2n) is 5.42. The van der Waals surface area contributed by atoms with Crippen LogP contribution in [0.5, 0.6) is 5.75 Å². The van der Waals surface area contributed by atoms with Crippen LogP contribution in [-0.4, -0.2) is 51.2 Å². The van der Waals surface area contributed by atoms with Crippen LogP contribution in [0.2, 0.25) is 0 Å². The summed E-state index contributed by atoms with van der Waals surface area (Å²) in [4.78, 5) is 6.71. The molecule has 0 bridgehead atoms. The number of guanidine groups is 1. The molecular formula is C17H31IN4O. The molecule has 0 atom stereocenters. The number of rotatable bonds is 9. The molecule has 0 aromatic heterocycles. The minimum absolute atomic E-state index is 0. The quantitative estimate of drug-likeness (QED) is 0.357. The Labute approximate surface area is 157 Å². The SMILES string of the molecule is CCCNC(=NCc1cccc(OCCN(C)C)c1)NCC.I. The van der Waals surface area contributed by atoms with Crippen molar-refractivity contribution in [3.05, 3.63) is 29.8 Å². The first-order valence-electron chi connectivity index (χ1n) is 8.04. The third-order valence-corrected chi connectivity index (χ3v) is 3.01. The van der Waals surface area contributed by atoms with E-state index in [0.717, 1.165) is 43.3 Å². The number of hydrogen-bond donors (Lipinski definition) is 2. The van der Waals surface area contributed by atoms with Crippen molar-refractivity contribution in [1.29, 1.82) is 0 Å². The fourth-order valence-corrected chi connectivity index (χ4v) is 1.84. The van der Waals surface area contributed by atoms with E-state index in [1.54, 1.807) is 0 Å². The number of nitrogens with one attached hydrogen (secondary N) is 2. The van der Waals surface area contributed by atoms with E-state index in [1.807, 2.05) is 26.2 Å². The van der Waals surface area contributed by atoms with Crippen LogP contribution in [0.1, 0.15) is 25.8 Å². The zero-order valence-corrected chi connectivity index (χ0v) is 17.1. The van der Waals surface area contributed by atoms with Gasteiger partial charge in [-0.1, -0.05) is 19.1 Å². The van der Waals surface area contributed by atoms with Crippen molar-refractivity contribution in [2.75, 3.05) is 40.3 Å². The zero-order valence-electron chi connectivity index (χ0n) is 14.8. The Hall–Kier alpha value is -1.02. The van der Waals surface area contributed by atoms with E-state index >= 15 is 0 Å². The van der Waals surface area contributed by atoms with Gasteiger partial charge in [0.15, 0.2) is 5.96 Å². The van der Waals surface area contributed by atoms with Crippen LogP contribution >= 0.6 is 24.0 Å². The molecule has 6 heteroatoms. The molecule has 0 saturated heterocycles. The van der Waals surface area contributed by atoms with Crippen molar-refractivity contribution in [1.82, 2.24) is 15.5 Å². The smallest absolute Gasteiger partial charge is 0.191 e. The minimum atomic E-state index is 0. The molecule has 132 valence electrons. The molecular weight excluding hydrogens is 403 g/mol. The summed E-state index contributed by atoms with van der Waals surface area (Å²) in [6, 6.07) is 8.14. The molecule has 1 rings (SSSR count). The predicted octanol–water partition coefficient (Wildman–Crippen LogP) is 2.71. The molecule has 0 aliphatic carbocycles. The molecule has 0 unspecified atom stereocenters. The summed E-state index contributed by atoms with van der Waals surface area (Å²) >= 11 is 0. The van der Waals surface area contributed by atoms with Gasteiger partial charge in [0.2, 0.25) is 0 Å². The van der Waals surface area contributed by atoms with Gasteiger partial charge in [0.05, 0.1) is 6.54 Å². The van der Waals surface area contributed by atoms with Crippen molar-refractivity contribution < 1.29 is 4.74 Å². The summed E-state index contributed by atoms with van der Waals surface area (Å²) < 4.78 is 5.76. The number of nitrogens with zero attached hydrogens (tertiary/aromatic N) is 2. The van der Waals surface area contributed by atoms with Crippen LogP contribution in [-0.2, 0) is 6.54 Å². The zero-order chi connectivity index (χ0) is 16.2. The predicted molar refractivity (Wildman–Crippen MR) is 109 cm³/mol. The minimum Gasteiger partial charge on any atom is -0.492 e. The van der Waals surface area contributed by atoms with E-state index < -0.39 is 0 Å². The van der Waals surface area contributed by atoms with Crippen LogP contribution in [0.3, 0.4) is 0 Å². The Balaban J connectivity index is 0.00000484. The highest BCUT2D eigenvalue weighted by Crippen LogP contribution is 2.14. The van der Waals surface area contributed by atoms with Crippen LogP contribution in [0.15, 0.2) is 29.3 Å². The third-order valence-electron chi connectivity index (χ3n) is 3.01. The van der Waals surface area contributed by atoms with E-state index in [4.69, 9.17) is 4.74 Å². The first kappa shape index (κ1) is 22.0. The Morgan fingerprint density at radius 2 is 2.00 bits per heavy atom. The average molecular weight is 434 g/mol. The molecule has 2 N–H and O–H groups in total. The van der Waals surface area contributed by atoms with Gasteiger partial charge in [-0.2, -0.15) is 0 Å². The maximum absolute atomic E-state index is 5.76. The number of likely N-dealkylation sites (N-methyl/N-ethyl adjacent to an activating group) is 1. The van der Waals surface area contributed by atoms with E-state index in [0.29, 0.717) is 13.2 Å². The van der Waals surface area contributed by atoms with Crippen LogP contribution in [0.4, 0.5) is 0 Å². The van der Waals surface area contributed by atoms with E-state index in [2.05, 4.69) is 46.5 Å². The number of halogens is 1. The van der Waals surface area contributed by atoms with Gasteiger partial charge in [0.1, 0.15) is 12.4 Å². The number of benzene rings is 1. The largest absolute Gasteiger partial charge is 0.492 e. The first-order valence-corrected chi connectivity index (χ1v) is 8.04. The highest BCUT2D eigenvalue weighted by molar-refractivity contribution is 14.0. The second-order valence-corrected chi connectivity index (χ2v) is 5.42. The lowest BCUT2D eigenvalue weighted by molar-refractivity contribution is 0.261. The normalized spacial score (nSPS) is 11.1. The van der Waals surface area contributed by atoms with Crippen LogP contribution < -0.4 is 15.4 Å². The lowest BCUT2D eigenvalue weighted by atomic mass is 10.2. The molecule has 0 fully saturated rings. The van der Waals surface area contributed by atoms with Gasteiger partial charge in [-0.15, -0.1) is 24.0 Å². The highest BCUT2D eigenvalue weighted by Gasteiger charge is 1.99. The molecule has 1 aromatic rings. The maximum atomic E-state index is 5.76. The number of ether oxygens (including phenoxy) is 1. The molecule has 23 heavy (non-hydrogen) atoms. The summed E-state index contributed by atoms with van der Waals surface area (Å²) in [5, 5.41) is 6.56. The van der Waals surface area contributed by atoms with Gasteiger partial charge in [0, 0.05) is 19.6 Å². The number of hydrogen-bond acceptors (Lipinski definition) is 3. The first-order chi connectivity index (χ1) is 10.7. The summed E-state index contributed by atoms with van der Waals surface area (Å²) in [6.45, 7) is 8.26. The van der Waals surface area contributed by atoms with Crippen molar-refractivity contribution >= 4 is 29.9 Å². The fourth-order valence-electron chi connectivity index (χ4n) is 1.84. The fraction of sp³-hybridized carbons (Fsp3) is 0.588. The molecule has 0 amide bonds. The van der Waals surface area contributed by atoms with Crippen molar-refractivity contribution in [3.63, 3.8) is 0 Å². The Bertz CT molecular complexity index is 452. The lowest BCUT2D eigenvalue weighted by Crippen LogP contribution is -2.37. The summed E-state index contributed by atoms with van der Waals surface area (Å²) in [7, 11) is 4.08. The van der Waals surface area contributed by atoms with Crippen molar-refractivity contribution in [2.45, 2.75) is 26.8 Å². The Morgan fingerprint density at radius 3 is 2.65 bits per heavy atom. The Kier molecular flexibility index (Phi) is 12.8. The molecule has 5 nitrogen and oxygen atoms in total. The summed E-state index contributed by atoms with van der Waals surface area (Å²) in [5.41, 5.74) is 1.15. The lowest BCUT2D eigenvalue weighted by Gasteiger charge is -2.12. The van der Waals surface area contributed by atoms with E-state index in [1.165, 1.54) is 0 Å². The van der Waals surface area contributed by atoms with E-state index in [9.17, 15) is 0 Å². The molecule has 0 heterocycles. The molecule has 0 aliphatic rings. The Morgan fingerprint density at radius 1 is 1.22 bits per heavy atom.